The van der Waals surface area contributed by atoms with Crippen LogP contribution in [0.15, 0.2) is 36.5 Å². The predicted octanol–water partition coefficient (Wildman–Crippen LogP) is 1.77. The van der Waals surface area contributed by atoms with Gasteiger partial charge < -0.3 is 15.8 Å². The van der Waals surface area contributed by atoms with Crippen LogP contribution < -0.4 is 15.8 Å². The third-order valence-electron chi connectivity index (χ3n) is 2.81. The molecule has 6 nitrogen and oxygen atoms in total. The Hall–Kier alpha value is -2.05. The number of carbonyl (C=O) groups is 1. The number of rotatable bonds is 7. The molecular weight excluding hydrogens is 304 g/mol. The fraction of sp³-hybridized carbons (Fsp3) is 0.333. The van der Waals surface area contributed by atoms with Gasteiger partial charge in [-0.05, 0) is 18.6 Å². The van der Waals surface area contributed by atoms with E-state index in [9.17, 15) is 4.79 Å². The second-order valence-electron chi connectivity index (χ2n) is 4.52. The van der Waals surface area contributed by atoms with Crippen LogP contribution in [0.4, 0.5) is 0 Å². The Labute approximate surface area is 136 Å². The highest BCUT2D eigenvalue weighted by molar-refractivity contribution is 5.94. The zero-order chi connectivity index (χ0) is 15.1. The Morgan fingerprint density at radius 1 is 1.36 bits per heavy atom. The van der Waals surface area contributed by atoms with Crippen molar-refractivity contribution < 1.29 is 9.53 Å². The molecule has 0 aliphatic heterocycles. The average molecular weight is 325 g/mol. The van der Waals surface area contributed by atoms with Crippen molar-refractivity contribution in [2.24, 2.45) is 5.73 Å². The normalized spacial score (nSPS) is 9.91. The lowest BCUT2D eigenvalue weighted by Crippen LogP contribution is -2.29. The lowest BCUT2D eigenvalue weighted by atomic mass is 10.3. The van der Waals surface area contributed by atoms with Crippen LogP contribution in [0.1, 0.15) is 23.8 Å². The SMILES string of the molecule is CCCOc1cn(-c2ccccc2)nc1C(=O)NCCN.Cl. The zero-order valence-electron chi connectivity index (χ0n) is 12.5. The van der Waals surface area contributed by atoms with Gasteiger partial charge in [0.25, 0.3) is 5.91 Å². The van der Waals surface area contributed by atoms with E-state index >= 15 is 0 Å². The smallest absolute Gasteiger partial charge is 0.275 e. The van der Waals surface area contributed by atoms with Gasteiger partial charge in [0.05, 0.1) is 18.5 Å². The summed E-state index contributed by atoms with van der Waals surface area (Å²) < 4.78 is 7.26. The van der Waals surface area contributed by atoms with Crippen molar-refractivity contribution in [3.05, 3.63) is 42.2 Å². The summed E-state index contributed by atoms with van der Waals surface area (Å²) in [6.45, 7) is 3.34. The van der Waals surface area contributed by atoms with Crippen molar-refractivity contribution in [2.45, 2.75) is 13.3 Å². The van der Waals surface area contributed by atoms with E-state index in [1.54, 1.807) is 10.9 Å². The van der Waals surface area contributed by atoms with Gasteiger partial charge in [0.15, 0.2) is 11.4 Å². The van der Waals surface area contributed by atoms with E-state index in [1.165, 1.54) is 0 Å². The molecule has 1 amide bonds. The topological polar surface area (TPSA) is 82.2 Å². The molecule has 0 fully saturated rings. The van der Waals surface area contributed by atoms with Crippen LogP contribution in [-0.4, -0.2) is 35.4 Å². The Morgan fingerprint density at radius 3 is 2.73 bits per heavy atom. The number of hydrogen-bond acceptors (Lipinski definition) is 4. The summed E-state index contributed by atoms with van der Waals surface area (Å²) in [5.74, 6) is 0.205. The second-order valence-corrected chi connectivity index (χ2v) is 4.52. The quantitative estimate of drug-likeness (QED) is 0.813. The largest absolute Gasteiger partial charge is 0.489 e. The Kier molecular flexibility index (Phi) is 7.42. The van der Waals surface area contributed by atoms with Crippen molar-refractivity contribution in [1.82, 2.24) is 15.1 Å². The lowest BCUT2D eigenvalue weighted by Gasteiger charge is -2.04. The molecular formula is C15H21ClN4O2. The minimum atomic E-state index is -0.277. The van der Waals surface area contributed by atoms with E-state index in [-0.39, 0.29) is 24.0 Å². The number of hydrogen-bond donors (Lipinski definition) is 2. The first kappa shape index (κ1) is 18.0. The number of aromatic nitrogens is 2. The molecule has 0 aliphatic carbocycles. The first-order chi connectivity index (χ1) is 10.3. The molecule has 2 aromatic rings. The molecule has 0 unspecified atom stereocenters. The van der Waals surface area contributed by atoms with Gasteiger partial charge >= 0.3 is 0 Å². The van der Waals surface area contributed by atoms with E-state index in [0.717, 1.165) is 12.1 Å². The number of nitrogens with two attached hydrogens (primary N) is 1. The van der Waals surface area contributed by atoms with E-state index in [4.69, 9.17) is 10.5 Å². The van der Waals surface area contributed by atoms with Crippen molar-refractivity contribution in [1.29, 1.82) is 0 Å². The Bertz CT molecular complexity index is 586. The molecule has 1 aromatic carbocycles. The van der Waals surface area contributed by atoms with Crippen LogP contribution in [0.2, 0.25) is 0 Å². The average Bonchev–Trinajstić information content (AvgIpc) is 2.95. The first-order valence-corrected chi connectivity index (χ1v) is 7.02. The van der Waals surface area contributed by atoms with E-state index in [0.29, 0.717) is 25.4 Å². The van der Waals surface area contributed by atoms with Gasteiger partial charge in [-0.2, -0.15) is 5.10 Å². The summed E-state index contributed by atoms with van der Waals surface area (Å²) in [6, 6.07) is 9.59. The van der Waals surface area contributed by atoms with Crippen molar-refractivity contribution in [2.75, 3.05) is 19.7 Å². The third-order valence-corrected chi connectivity index (χ3v) is 2.81. The standard InChI is InChI=1S/C15H20N4O2.ClH/c1-2-10-21-13-11-19(12-6-4-3-5-7-12)18-14(13)15(20)17-9-8-16;/h3-7,11H,2,8-10,16H2,1H3,(H,17,20);1H. The summed E-state index contributed by atoms with van der Waals surface area (Å²) in [4.78, 5) is 12.1. The summed E-state index contributed by atoms with van der Waals surface area (Å²) in [6.07, 6.45) is 2.59. The molecule has 7 heteroatoms. The van der Waals surface area contributed by atoms with E-state index in [1.807, 2.05) is 37.3 Å². The molecule has 22 heavy (non-hydrogen) atoms. The van der Waals surface area contributed by atoms with Crippen molar-refractivity contribution in [3.8, 4) is 11.4 Å². The molecule has 0 radical (unpaired) electrons. The summed E-state index contributed by atoms with van der Waals surface area (Å²) in [5.41, 5.74) is 6.55. The number of ether oxygens (including phenoxy) is 1. The van der Waals surface area contributed by atoms with Crippen LogP contribution in [-0.2, 0) is 0 Å². The highest BCUT2D eigenvalue weighted by Gasteiger charge is 2.18. The first-order valence-electron chi connectivity index (χ1n) is 7.02. The van der Waals surface area contributed by atoms with Gasteiger partial charge in [-0.25, -0.2) is 4.68 Å². The van der Waals surface area contributed by atoms with Crippen LogP contribution in [0, 0.1) is 0 Å². The van der Waals surface area contributed by atoms with Gasteiger partial charge in [-0.15, -0.1) is 12.4 Å². The molecule has 0 bridgehead atoms. The maximum atomic E-state index is 12.1. The van der Waals surface area contributed by atoms with Gasteiger partial charge in [0, 0.05) is 13.1 Å². The minimum Gasteiger partial charge on any atom is -0.489 e. The number of halogens is 1. The molecule has 0 atom stereocenters. The summed E-state index contributed by atoms with van der Waals surface area (Å²) in [5, 5.41) is 7.04. The number of benzene rings is 1. The fourth-order valence-electron chi connectivity index (χ4n) is 1.82. The van der Waals surface area contributed by atoms with Gasteiger partial charge in [-0.1, -0.05) is 25.1 Å². The lowest BCUT2D eigenvalue weighted by molar-refractivity contribution is 0.0945. The molecule has 120 valence electrons. The highest BCUT2D eigenvalue weighted by Crippen LogP contribution is 2.20. The predicted molar refractivity (Wildman–Crippen MR) is 88.0 cm³/mol. The maximum absolute atomic E-state index is 12.1. The summed E-state index contributed by atoms with van der Waals surface area (Å²) in [7, 11) is 0. The van der Waals surface area contributed by atoms with E-state index in [2.05, 4.69) is 10.4 Å². The zero-order valence-corrected chi connectivity index (χ0v) is 13.3. The minimum absolute atomic E-state index is 0. The molecule has 3 N–H and O–H groups in total. The number of para-hydroxylation sites is 1. The molecule has 0 spiro atoms. The fourth-order valence-corrected chi connectivity index (χ4v) is 1.82. The van der Waals surface area contributed by atoms with Gasteiger partial charge in [-0.3, -0.25) is 4.79 Å². The molecule has 1 heterocycles. The van der Waals surface area contributed by atoms with Gasteiger partial charge in [0.2, 0.25) is 0 Å². The number of nitrogens with one attached hydrogen (secondary N) is 1. The van der Waals surface area contributed by atoms with Crippen LogP contribution in [0.25, 0.3) is 5.69 Å². The van der Waals surface area contributed by atoms with Crippen molar-refractivity contribution >= 4 is 18.3 Å². The van der Waals surface area contributed by atoms with Crippen LogP contribution in [0.3, 0.4) is 0 Å². The third kappa shape index (κ3) is 4.47. The van der Waals surface area contributed by atoms with Gasteiger partial charge in [0.1, 0.15) is 0 Å². The Morgan fingerprint density at radius 2 is 2.09 bits per heavy atom. The second kappa shape index (κ2) is 9.07. The van der Waals surface area contributed by atoms with E-state index < -0.39 is 0 Å². The number of carbonyl (C=O) groups excluding carboxylic acids is 1. The number of nitrogens with zero attached hydrogens (tertiary/aromatic N) is 2. The van der Waals surface area contributed by atoms with Crippen LogP contribution in [0.5, 0.6) is 5.75 Å². The van der Waals surface area contributed by atoms with Crippen molar-refractivity contribution in [3.63, 3.8) is 0 Å². The molecule has 0 saturated carbocycles. The van der Waals surface area contributed by atoms with Crippen LogP contribution >= 0.6 is 12.4 Å². The Balaban J connectivity index is 0.00000242. The molecule has 1 aromatic heterocycles. The molecule has 0 aliphatic rings. The molecule has 2 rings (SSSR count). The monoisotopic (exact) mass is 324 g/mol. The summed E-state index contributed by atoms with van der Waals surface area (Å²) >= 11 is 0. The maximum Gasteiger partial charge on any atom is 0.275 e. The number of amides is 1. The highest BCUT2D eigenvalue weighted by atomic mass is 35.5. The molecule has 0 saturated heterocycles.